The number of hydrogen-bond donors (Lipinski definition) is 1. The Hall–Kier alpha value is -2.78. The quantitative estimate of drug-likeness (QED) is 0.598. The molecule has 7 nitrogen and oxygen atoms in total. The number of para-hydroxylation sites is 1. The second kappa shape index (κ2) is 9.15. The predicted molar refractivity (Wildman–Crippen MR) is 112 cm³/mol. The summed E-state index contributed by atoms with van der Waals surface area (Å²) >= 11 is 4.19. The van der Waals surface area contributed by atoms with Crippen molar-refractivity contribution in [3.05, 3.63) is 63.0 Å². The number of rotatable bonds is 7. The summed E-state index contributed by atoms with van der Waals surface area (Å²) in [4.78, 5) is 37.4. The fraction of sp³-hybridized carbons (Fsp3) is 0.150. The van der Waals surface area contributed by atoms with Gasteiger partial charge in [-0.15, -0.1) is 0 Å². The molecule has 0 atom stereocenters. The van der Waals surface area contributed by atoms with Gasteiger partial charge in [-0.2, -0.15) is 0 Å². The van der Waals surface area contributed by atoms with Crippen molar-refractivity contribution in [3.8, 4) is 11.5 Å². The molecule has 1 aliphatic rings. The van der Waals surface area contributed by atoms with Gasteiger partial charge in [0.1, 0.15) is 0 Å². The Balaban J connectivity index is 1.88. The molecule has 150 valence electrons. The average molecular weight is 478 g/mol. The highest BCUT2D eigenvalue weighted by Gasteiger charge is 2.35. The molecule has 1 N–H and O–H groups in total. The zero-order chi connectivity index (χ0) is 21.0. The maximum Gasteiger partial charge on any atom is 0.341 e. The first-order valence-corrected chi connectivity index (χ1v) is 10.0. The maximum atomic E-state index is 12.8. The van der Waals surface area contributed by atoms with Crippen LogP contribution >= 0.6 is 27.7 Å². The molecule has 0 spiro atoms. The molecule has 0 bridgehead atoms. The zero-order valence-corrected chi connectivity index (χ0v) is 17.7. The Morgan fingerprint density at radius 2 is 2.00 bits per heavy atom. The largest absolute Gasteiger partial charge is 0.493 e. The number of aliphatic carboxylic acids is 1. The van der Waals surface area contributed by atoms with Crippen LogP contribution in [0.15, 0.2) is 51.8 Å². The van der Waals surface area contributed by atoms with Crippen molar-refractivity contribution >= 4 is 50.9 Å². The van der Waals surface area contributed by atoms with E-state index < -0.39 is 18.5 Å². The number of thioether (sulfide) groups is 1. The van der Waals surface area contributed by atoms with E-state index in [2.05, 4.69) is 15.9 Å². The summed E-state index contributed by atoms with van der Waals surface area (Å²) < 4.78 is 11.4. The normalized spacial score (nSPS) is 15.1. The summed E-state index contributed by atoms with van der Waals surface area (Å²) in [7, 11) is 1.43. The van der Waals surface area contributed by atoms with Crippen LogP contribution in [0.1, 0.15) is 11.1 Å². The van der Waals surface area contributed by atoms with Crippen molar-refractivity contribution in [2.45, 2.75) is 6.54 Å². The van der Waals surface area contributed by atoms with Crippen LogP contribution in [-0.4, -0.2) is 40.8 Å². The van der Waals surface area contributed by atoms with E-state index in [0.29, 0.717) is 11.3 Å². The molecule has 0 unspecified atom stereocenters. The van der Waals surface area contributed by atoms with Crippen LogP contribution in [0.2, 0.25) is 0 Å². The molecule has 29 heavy (non-hydrogen) atoms. The highest BCUT2D eigenvalue weighted by atomic mass is 79.9. The van der Waals surface area contributed by atoms with Crippen LogP contribution in [0.4, 0.5) is 4.79 Å². The molecule has 1 fully saturated rings. The van der Waals surface area contributed by atoms with E-state index in [9.17, 15) is 14.4 Å². The predicted octanol–water partition coefficient (Wildman–Crippen LogP) is 4.16. The van der Waals surface area contributed by atoms with E-state index in [4.69, 9.17) is 14.6 Å². The topological polar surface area (TPSA) is 93.1 Å². The fourth-order valence-corrected chi connectivity index (χ4v) is 3.97. The van der Waals surface area contributed by atoms with Crippen molar-refractivity contribution < 1.29 is 29.0 Å². The van der Waals surface area contributed by atoms with Crippen LogP contribution in [0, 0.1) is 0 Å². The van der Waals surface area contributed by atoms with Gasteiger partial charge >= 0.3 is 5.97 Å². The molecule has 0 aromatic heterocycles. The minimum absolute atomic E-state index is 0.155. The van der Waals surface area contributed by atoms with Crippen LogP contribution < -0.4 is 9.47 Å². The first-order chi connectivity index (χ1) is 13.9. The Labute approximate surface area is 179 Å². The third kappa shape index (κ3) is 4.99. The van der Waals surface area contributed by atoms with Gasteiger partial charge in [-0.25, -0.2) is 4.79 Å². The van der Waals surface area contributed by atoms with Gasteiger partial charge in [0.2, 0.25) is 0 Å². The fourth-order valence-electron chi connectivity index (χ4n) is 2.69. The molecule has 1 heterocycles. The molecular weight excluding hydrogens is 462 g/mol. The second-order valence-electron chi connectivity index (χ2n) is 5.96. The minimum Gasteiger partial charge on any atom is -0.493 e. The van der Waals surface area contributed by atoms with E-state index in [1.54, 1.807) is 18.2 Å². The lowest BCUT2D eigenvalue weighted by Gasteiger charge is -2.13. The molecule has 1 saturated heterocycles. The third-order valence-electron chi connectivity index (χ3n) is 3.96. The number of carboxylic acids is 1. The summed E-state index contributed by atoms with van der Waals surface area (Å²) in [5, 5.41) is 8.51. The van der Waals surface area contributed by atoms with Gasteiger partial charge in [-0.1, -0.05) is 40.2 Å². The summed E-state index contributed by atoms with van der Waals surface area (Å²) in [5.41, 5.74) is 1.26. The van der Waals surface area contributed by atoms with Crippen molar-refractivity contribution in [1.82, 2.24) is 4.90 Å². The highest BCUT2D eigenvalue weighted by molar-refractivity contribution is 9.10. The first-order valence-electron chi connectivity index (χ1n) is 8.40. The SMILES string of the molecule is COc1cccc(/C=C2/SC(=O)N(Cc3cccc(Br)c3)C2=O)c1OCC(=O)O. The number of carbonyl (C=O) groups is 3. The number of carboxylic acid groups (broad SMARTS) is 1. The molecule has 2 aromatic carbocycles. The molecule has 0 aliphatic carbocycles. The van der Waals surface area contributed by atoms with Crippen molar-refractivity contribution in [2.75, 3.05) is 13.7 Å². The summed E-state index contributed by atoms with van der Waals surface area (Å²) in [6.07, 6.45) is 1.51. The number of benzene rings is 2. The smallest absolute Gasteiger partial charge is 0.341 e. The molecule has 0 saturated carbocycles. The zero-order valence-electron chi connectivity index (χ0n) is 15.3. The number of methoxy groups -OCH3 is 1. The monoisotopic (exact) mass is 477 g/mol. The average Bonchev–Trinajstić information content (AvgIpc) is 2.94. The van der Waals surface area contributed by atoms with Gasteiger partial charge in [-0.05, 0) is 41.6 Å². The Kier molecular flexibility index (Phi) is 6.60. The highest BCUT2D eigenvalue weighted by Crippen LogP contribution is 2.38. The van der Waals surface area contributed by atoms with E-state index in [1.165, 1.54) is 13.2 Å². The Bertz CT molecular complexity index is 1010. The van der Waals surface area contributed by atoms with E-state index in [1.807, 2.05) is 24.3 Å². The lowest BCUT2D eigenvalue weighted by atomic mass is 10.1. The number of halogens is 1. The van der Waals surface area contributed by atoms with E-state index >= 15 is 0 Å². The molecule has 1 aliphatic heterocycles. The molecule has 2 amide bonds. The standard InChI is InChI=1S/C20H16BrNO6S/c1-27-15-7-3-5-13(18(15)28-11-17(23)24)9-16-19(25)22(20(26)29-16)10-12-4-2-6-14(21)8-12/h2-9H,10-11H2,1H3,(H,23,24)/b16-9+. The van der Waals surface area contributed by atoms with Crippen LogP contribution in [0.3, 0.4) is 0 Å². The van der Waals surface area contributed by atoms with E-state index in [-0.39, 0.29) is 22.4 Å². The Morgan fingerprint density at radius 1 is 1.24 bits per heavy atom. The second-order valence-corrected chi connectivity index (χ2v) is 7.87. The lowest BCUT2D eigenvalue weighted by molar-refractivity contribution is -0.139. The van der Waals surface area contributed by atoms with Crippen LogP contribution in [0.25, 0.3) is 6.08 Å². The molecule has 9 heteroatoms. The summed E-state index contributed by atoms with van der Waals surface area (Å²) in [5.74, 6) is -1.05. The number of amides is 2. The van der Waals surface area contributed by atoms with Crippen molar-refractivity contribution in [2.24, 2.45) is 0 Å². The van der Waals surface area contributed by atoms with Crippen molar-refractivity contribution in [1.29, 1.82) is 0 Å². The van der Waals surface area contributed by atoms with Crippen LogP contribution in [-0.2, 0) is 16.1 Å². The number of carbonyl (C=O) groups excluding carboxylic acids is 2. The van der Waals surface area contributed by atoms with Gasteiger partial charge in [0.05, 0.1) is 18.6 Å². The van der Waals surface area contributed by atoms with Gasteiger partial charge in [-0.3, -0.25) is 14.5 Å². The molecule has 2 aromatic rings. The number of nitrogens with zero attached hydrogens (tertiary/aromatic N) is 1. The summed E-state index contributed by atoms with van der Waals surface area (Å²) in [6.45, 7) is -0.409. The Morgan fingerprint density at radius 3 is 2.69 bits per heavy atom. The molecule has 3 rings (SSSR count). The van der Waals surface area contributed by atoms with Crippen molar-refractivity contribution in [3.63, 3.8) is 0 Å². The number of ether oxygens (including phenoxy) is 2. The maximum absolute atomic E-state index is 12.8. The summed E-state index contributed by atoms with van der Waals surface area (Å²) in [6, 6.07) is 12.3. The van der Waals surface area contributed by atoms with Gasteiger partial charge in [0.15, 0.2) is 18.1 Å². The lowest BCUT2D eigenvalue weighted by Crippen LogP contribution is -2.27. The molecule has 0 radical (unpaired) electrons. The van der Waals surface area contributed by atoms with Gasteiger partial charge < -0.3 is 14.6 Å². The third-order valence-corrected chi connectivity index (χ3v) is 5.36. The van der Waals surface area contributed by atoms with Gasteiger partial charge in [0.25, 0.3) is 11.1 Å². The number of imide groups is 1. The molecular formula is C20H16BrNO6S. The van der Waals surface area contributed by atoms with Gasteiger partial charge in [0, 0.05) is 10.0 Å². The first kappa shape index (κ1) is 20.9. The van der Waals surface area contributed by atoms with Crippen LogP contribution in [0.5, 0.6) is 11.5 Å². The minimum atomic E-state index is -1.14. The van der Waals surface area contributed by atoms with E-state index in [0.717, 1.165) is 26.7 Å². The number of hydrogen-bond acceptors (Lipinski definition) is 6.